The number of nitriles is 1. The molecule has 5 rings (SSSR count). The Balaban J connectivity index is 1.42. The van der Waals surface area contributed by atoms with E-state index in [0.717, 1.165) is 29.4 Å². The molecular weight excluding hydrogens is 342 g/mol. The van der Waals surface area contributed by atoms with E-state index in [-0.39, 0.29) is 17.7 Å². The second-order valence-corrected chi connectivity index (χ2v) is 7.67. The highest BCUT2D eigenvalue weighted by Gasteiger charge is 2.52. The molecule has 7 nitrogen and oxygen atoms in total. The predicted molar refractivity (Wildman–Crippen MR) is 99.3 cm³/mol. The van der Waals surface area contributed by atoms with Crippen molar-refractivity contribution in [2.45, 2.75) is 25.7 Å². The largest absolute Gasteiger partial charge is 0.346 e. The molecule has 0 spiro atoms. The first-order valence-corrected chi connectivity index (χ1v) is 9.29. The van der Waals surface area contributed by atoms with Gasteiger partial charge < -0.3 is 15.2 Å². The minimum Gasteiger partial charge on any atom is -0.346 e. The maximum atomic E-state index is 12.6. The Labute approximate surface area is 156 Å². The highest BCUT2D eigenvalue weighted by Crippen LogP contribution is 2.47. The zero-order valence-electron chi connectivity index (χ0n) is 14.8. The minimum absolute atomic E-state index is 0.0151. The number of fused-ring (bicyclic) bond motifs is 1. The summed E-state index contributed by atoms with van der Waals surface area (Å²) in [7, 11) is 0. The van der Waals surface area contributed by atoms with Gasteiger partial charge in [0.15, 0.2) is 0 Å². The predicted octanol–water partition coefficient (Wildman–Crippen LogP) is 2.44. The highest BCUT2D eigenvalue weighted by molar-refractivity contribution is 5.98. The van der Waals surface area contributed by atoms with Crippen molar-refractivity contribution in [3.63, 3.8) is 0 Å². The van der Waals surface area contributed by atoms with Gasteiger partial charge in [-0.3, -0.25) is 9.59 Å². The molecule has 2 aliphatic carbocycles. The standard InChI is InChI=1S/C20H19N5O2/c21-11-20(5-6-20)19(27)25-8-4-13(10-25)15-9-16(24-18(26)12-1-2-12)23-17-14(15)3-7-22-17/h3-4,7,9,12H,1-2,5-6,8,10H2,(H2,22,23,24,26). The third-order valence-electron chi connectivity index (χ3n) is 5.65. The number of nitrogens with zero attached hydrogens (tertiary/aromatic N) is 3. The van der Waals surface area contributed by atoms with Gasteiger partial charge in [-0.25, -0.2) is 4.98 Å². The molecule has 2 N–H and O–H groups in total. The van der Waals surface area contributed by atoms with E-state index >= 15 is 0 Å². The molecule has 7 heteroatoms. The van der Waals surface area contributed by atoms with Gasteiger partial charge >= 0.3 is 0 Å². The minimum atomic E-state index is -0.797. The summed E-state index contributed by atoms with van der Waals surface area (Å²) in [5.74, 6) is 0.575. The first-order chi connectivity index (χ1) is 13.1. The zero-order valence-corrected chi connectivity index (χ0v) is 14.8. The van der Waals surface area contributed by atoms with Crippen LogP contribution in [0.2, 0.25) is 0 Å². The van der Waals surface area contributed by atoms with Crippen LogP contribution in [-0.2, 0) is 9.59 Å². The Morgan fingerprint density at radius 1 is 1.37 bits per heavy atom. The molecule has 27 heavy (non-hydrogen) atoms. The van der Waals surface area contributed by atoms with E-state index in [0.29, 0.717) is 37.4 Å². The number of carbonyl (C=O) groups excluding carboxylic acids is 2. The quantitative estimate of drug-likeness (QED) is 0.873. The third-order valence-corrected chi connectivity index (χ3v) is 5.65. The number of H-pyrrole nitrogens is 1. The number of pyridine rings is 1. The summed E-state index contributed by atoms with van der Waals surface area (Å²) in [5, 5.41) is 13.2. The maximum absolute atomic E-state index is 12.6. The third kappa shape index (κ3) is 2.69. The SMILES string of the molecule is N#CC1(C(=O)N2CC=C(c3cc(NC(=O)C4CC4)nc4[nH]ccc34)C2)CC1. The Kier molecular flexibility index (Phi) is 3.38. The fourth-order valence-corrected chi connectivity index (χ4v) is 3.65. The second kappa shape index (κ2) is 5.68. The molecule has 0 unspecified atom stereocenters. The Morgan fingerprint density at radius 3 is 2.89 bits per heavy atom. The molecule has 2 aromatic rings. The fourth-order valence-electron chi connectivity index (χ4n) is 3.65. The second-order valence-electron chi connectivity index (χ2n) is 7.67. The molecule has 3 heterocycles. The molecule has 2 amide bonds. The van der Waals surface area contributed by atoms with Gasteiger partial charge in [0.1, 0.15) is 16.9 Å². The molecular formula is C20H19N5O2. The average molecular weight is 361 g/mol. The number of anilines is 1. The molecule has 0 saturated heterocycles. The van der Waals surface area contributed by atoms with Crippen molar-refractivity contribution >= 4 is 34.2 Å². The van der Waals surface area contributed by atoms with E-state index in [9.17, 15) is 14.9 Å². The lowest BCUT2D eigenvalue weighted by Crippen LogP contribution is -2.35. The lowest BCUT2D eigenvalue weighted by Gasteiger charge is -2.19. The van der Waals surface area contributed by atoms with Crippen molar-refractivity contribution in [1.82, 2.24) is 14.9 Å². The summed E-state index contributed by atoms with van der Waals surface area (Å²) < 4.78 is 0. The van der Waals surface area contributed by atoms with Crippen molar-refractivity contribution in [3.8, 4) is 6.07 Å². The molecule has 1 aliphatic heterocycles. The fraction of sp³-hybridized carbons (Fsp3) is 0.400. The summed E-state index contributed by atoms with van der Waals surface area (Å²) >= 11 is 0. The van der Waals surface area contributed by atoms with Crippen LogP contribution in [0, 0.1) is 22.7 Å². The monoisotopic (exact) mass is 361 g/mol. The van der Waals surface area contributed by atoms with E-state index < -0.39 is 5.41 Å². The van der Waals surface area contributed by atoms with Crippen LogP contribution in [0.3, 0.4) is 0 Å². The van der Waals surface area contributed by atoms with Gasteiger partial charge in [-0.15, -0.1) is 0 Å². The van der Waals surface area contributed by atoms with Crippen LogP contribution < -0.4 is 5.32 Å². The van der Waals surface area contributed by atoms with Crippen molar-refractivity contribution in [3.05, 3.63) is 30.0 Å². The van der Waals surface area contributed by atoms with Crippen LogP contribution in [0.4, 0.5) is 5.82 Å². The van der Waals surface area contributed by atoms with E-state index in [4.69, 9.17) is 0 Å². The van der Waals surface area contributed by atoms with Gasteiger partial charge in [0.2, 0.25) is 11.8 Å². The molecule has 2 saturated carbocycles. The van der Waals surface area contributed by atoms with Crippen LogP contribution in [0.25, 0.3) is 16.6 Å². The van der Waals surface area contributed by atoms with E-state index in [2.05, 4.69) is 21.4 Å². The number of aromatic amines is 1. The van der Waals surface area contributed by atoms with Gasteiger partial charge in [-0.2, -0.15) is 5.26 Å². The molecule has 2 aromatic heterocycles. The summed E-state index contributed by atoms with van der Waals surface area (Å²) in [6.45, 7) is 0.984. The number of rotatable bonds is 4. The topological polar surface area (TPSA) is 102 Å². The Bertz CT molecular complexity index is 1040. The van der Waals surface area contributed by atoms with Crippen LogP contribution in [0.15, 0.2) is 24.4 Å². The summed E-state index contributed by atoms with van der Waals surface area (Å²) in [4.78, 5) is 34.1. The van der Waals surface area contributed by atoms with Gasteiger partial charge in [0.05, 0.1) is 6.07 Å². The Hall–Kier alpha value is -3.14. The van der Waals surface area contributed by atoms with Crippen LogP contribution >= 0.6 is 0 Å². The van der Waals surface area contributed by atoms with Crippen molar-refractivity contribution in [1.29, 1.82) is 5.26 Å². The number of hydrogen-bond donors (Lipinski definition) is 2. The van der Waals surface area contributed by atoms with Gasteiger partial charge in [-0.1, -0.05) is 6.08 Å². The Morgan fingerprint density at radius 2 is 2.19 bits per heavy atom. The van der Waals surface area contributed by atoms with Crippen molar-refractivity contribution in [2.75, 3.05) is 18.4 Å². The average Bonchev–Trinajstić information content (AvgIpc) is 3.58. The smallest absolute Gasteiger partial charge is 0.243 e. The normalized spacial score (nSPS) is 20.3. The van der Waals surface area contributed by atoms with Gasteiger partial charge in [0, 0.05) is 30.6 Å². The zero-order chi connectivity index (χ0) is 18.6. The van der Waals surface area contributed by atoms with Crippen molar-refractivity contribution in [2.24, 2.45) is 11.3 Å². The molecule has 3 aliphatic rings. The summed E-state index contributed by atoms with van der Waals surface area (Å²) in [6, 6.07) is 6.01. The maximum Gasteiger partial charge on any atom is 0.243 e. The van der Waals surface area contributed by atoms with Gasteiger partial charge in [0.25, 0.3) is 0 Å². The summed E-state index contributed by atoms with van der Waals surface area (Å²) in [6.07, 6.45) is 7.03. The van der Waals surface area contributed by atoms with Crippen molar-refractivity contribution < 1.29 is 9.59 Å². The number of aromatic nitrogens is 2. The molecule has 0 atom stereocenters. The molecule has 0 bridgehead atoms. The van der Waals surface area contributed by atoms with Crippen LogP contribution in [0.5, 0.6) is 0 Å². The van der Waals surface area contributed by atoms with E-state index in [1.807, 2.05) is 24.4 Å². The molecule has 2 fully saturated rings. The van der Waals surface area contributed by atoms with Crippen LogP contribution in [-0.4, -0.2) is 39.8 Å². The highest BCUT2D eigenvalue weighted by atomic mass is 16.2. The van der Waals surface area contributed by atoms with Crippen LogP contribution in [0.1, 0.15) is 31.2 Å². The lowest BCUT2D eigenvalue weighted by molar-refractivity contribution is -0.133. The van der Waals surface area contributed by atoms with E-state index in [1.54, 1.807) is 4.90 Å². The number of hydrogen-bond acceptors (Lipinski definition) is 4. The number of carbonyl (C=O) groups is 2. The molecule has 0 aromatic carbocycles. The first-order valence-electron chi connectivity index (χ1n) is 9.29. The van der Waals surface area contributed by atoms with Gasteiger partial charge in [-0.05, 0) is 49.0 Å². The molecule has 136 valence electrons. The molecule has 0 radical (unpaired) electrons. The first kappa shape index (κ1) is 16.1. The lowest BCUT2D eigenvalue weighted by atomic mass is 10.0. The van der Waals surface area contributed by atoms with E-state index in [1.165, 1.54) is 0 Å². The number of amides is 2. The summed E-state index contributed by atoms with van der Waals surface area (Å²) in [5.41, 5.74) is 1.89. The number of nitrogens with one attached hydrogen (secondary N) is 2.